The molecular weight excluding hydrogens is 368 g/mol. The van der Waals surface area contributed by atoms with E-state index in [9.17, 15) is 14.7 Å². The molecule has 0 heterocycles. The van der Waals surface area contributed by atoms with E-state index in [0.29, 0.717) is 5.56 Å². The maximum atomic E-state index is 12.3. The second-order valence-corrected chi connectivity index (χ2v) is 6.69. The van der Waals surface area contributed by atoms with Gasteiger partial charge in [-0.3, -0.25) is 14.8 Å². The van der Waals surface area contributed by atoms with Gasteiger partial charge in [-0.25, -0.2) is 5.48 Å². The monoisotopic (exact) mass is 390 g/mol. The second-order valence-electron chi connectivity index (χ2n) is 6.69. The highest BCUT2D eigenvalue weighted by Crippen LogP contribution is 2.25. The van der Waals surface area contributed by atoms with E-state index in [0.717, 1.165) is 22.3 Å². The lowest BCUT2D eigenvalue weighted by atomic mass is 9.99. The maximum absolute atomic E-state index is 12.3. The van der Waals surface area contributed by atoms with Gasteiger partial charge in [-0.1, -0.05) is 66.7 Å². The second kappa shape index (κ2) is 9.14. The van der Waals surface area contributed by atoms with E-state index in [2.05, 4.69) is 17.4 Å². The number of carbonyl (C=O) groups is 2. The lowest BCUT2D eigenvalue weighted by Gasteiger charge is -2.19. The summed E-state index contributed by atoms with van der Waals surface area (Å²) in [6.07, 6.45) is -1.16. The Bertz CT molecular complexity index is 968. The molecular formula is C23H22N2O4. The number of rotatable bonds is 6. The van der Waals surface area contributed by atoms with Gasteiger partial charge in [-0.2, -0.15) is 0 Å². The Labute approximate surface area is 168 Å². The minimum atomic E-state index is -1.25. The van der Waals surface area contributed by atoms with E-state index in [1.165, 1.54) is 12.4 Å². The fourth-order valence-electron chi connectivity index (χ4n) is 3.00. The standard InChI is InChI=1S/C23H22N2O4/c1-15(26)21(23(28)25-29)24-22(27)20-13-11-19(12-14-20)18-9-7-17(8-10-18)16-5-3-2-4-6-16/h2-15,21,26,29H,1H3,(H,24,27)(H,25,28)/t15-,21+/m1/s1. The van der Waals surface area contributed by atoms with Crippen LogP contribution in [0.25, 0.3) is 22.3 Å². The first-order chi connectivity index (χ1) is 14.0. The summed E-state index contributed by atoms with van der Waals surface area (Å²) in [6, 6.07) is 23.9. The summed E-state index contributed by atoms with van der Waals surface area (Å²) in [5, 5.41) is 20.8. The van der Waals surface area contributed by atoms with Crippen molar-refractivity contribution < 1.29 is 19.9 Å². The van der Waals surface area contributed by atoms with Crippen LogP contribution in [0.5, 0.6) is 0 Å². The predicted octanol–water partition coefficient (Wildman–Crippen LogP) is 3.01. The van der Waals surface area contributed by atoms with Crippen LogP contribution in [0.3, 0.4) is 0 Å². The Kier molecular flexibility index (Phi) is 6.39. The number of nitrogens with one attached hydrogen (secondary N) is 2. The van der Waals surface area contributed by atoms with Crippen molar-refractivity contribution in [3.8, 4) is 22.3 Å². The molecule has 3 aromatic rings. The predicted molar refractivity (Wildman–Crippen MR) is 110 cm³/mol. The fraction of sp³-hybridized carbons (Fsp3) is 0.130. The molecule has 4 N–H and O–H groups in total. The number of hydrogen-bond donors (Lipinski definition) is 4. The first kappa shape index (κ1) is 20.3. The van der Waals surface area contributed by atoms with Crippen LogP contribution in [-0.4, -0.2) is 34.3 Å². The SMILES string of the molecule is C[C@@H](O)[C@H](NC(=O)c1ccc(-c2ccc(-c3ccccc3)cc2)cc1)C(=O)NO. The van der Waals surface area contributed by atoms with Gasteiger partial charge in [-0.05, 0) is 41.3 Å². The van der Waals surface area contributed by atoms with Gasteiger partial charge in [0.25, 0.3) is 11.8 Å². The topological polar surface area (TPSA) is 98.7 Å². The van der Waals surface area contributed by atoms with Gasteiger partial charge in [0.15, 0.2) is 0 Å². The molecule has 0 spiro atoms. The van der Waals surface area contributed by atoms with Gasteiger partial charge in [0.2, 0.25) is 0 Å². The van der Waals surface area contributed by atoms with Crippen LogP contribution in [0.1, 0.15) is 17.3 Å². The molecule has 0 unspecified atom stereocenters. The lowest BCUT2D eigenvalue weighted by molar-refractivity contribution is -0.133. The lowest BCUT2D eigenvalue weighted by Crippen LogP contribution is -2.51. The summed E-state index contributed by atoms with van der Waals surface area (Å²) in [4.78, 5) is 23.9. The largest absolute Gasteiger partial charge is 0.391 e. The number of carbonyl (C=O) groups excluding carboxylic acids is 2. The van der Waals surface area contributed by atoms with Crippen LogP contribution >= 0.6 is 0 Å². The van der Waals surface area contributed by atoms with E-state index < -0.39 is 24.0 Å². The smallest absolute Gasteiger partial charge is 0.268 e. The normalized spacial score (nSPS) is 12.7. The third kappa shape index (κ3) is 4.87. The molecule has 29 heavy (non-hydrogen) atoms. The summed E-state index contributed by atoms with van der Waals surface area (Å²) in [5.74, 6) is -1.41. The Balaban J connectivity index is 1.73. The first-order valence-electron chi connectivity index (χ1n) is 9.18. The van der Waals surface area contributed by atoms with Crippen LogP contribution in [0, 0.1) is 0 Å². The molecule has 0 saturated carbocycles. The molecule has 2 atom stereocenters. The van der Waals surface area contributed by atoms with E-state index in [1.54, 1.807) is 12.1 Å². The highest BCUT2D eigenvalue weighted by atomic mass is 16.5. The van der Waals surface area contributed by atoms with Crippen LogP contribution in [-0.2, 0) is 4.79 Å². The number of benzene rings is 3. The van der Waals surface area contributed by atoms with E-state index in [1.807, 2.05) is 54.6 Å². The molecule has 0 fully saturated rings. The quantitative estimate of drug-likeness (QED) is 0.384. The van der Waals surface area contributed by atoms with Crippen molar-refractivity contribution in [2.75, 3.05) is 0 Å². The van der Waals surface area contributed by atoms with Crippen molar-refractivity contribution in [3.63, 3.8) is 0 Å². The molecule has 0 aromatic heterocycles. The van der Waals surface area contributed by atoms with Crippen molar-refractivity contribution >= 4 is 11.8 Å². The molecule has 0 aliphatic heterocycles. The summed E-state index contributed by atoms with van der Waals surface area (Å²) < 4.78 is 0. The molecule has 0 bridgehead atoms. The van der Waals surface area contributed by atoms with Crippen molar-refractivity contribution in [2.24, 2.45) is 0 Å². The third-order valence-corrected chi connectivity index (χ3v) is 4.63. The van der Waals surface area contributed by atoms with Gasteiger partial charge >= 0.3 is 0 Å². The minimum absolute atomic E-state index is 0.339. The number of hydroxylamine groups is 1. The zero-order valence-electron chi connectivity index (χ0n) is 15.9. The Morgan fingerprint density at radius 1 is 0.759 bits per heavy atom. The van der Waals surface area contributed by atoms with Crippen LogP contribution < -0.4 is 10.8 Å². The van der Waals surface area contributed by atoms with Gasteiger partial charge in [0, 0.05) is 5.56 Å². The average Bonchev–Trinajstić information content (AvgIpc) is 2.77. The van der Waals surface area contributed by atoms with Crippen molar-refractivity contribution in [3.05, 3.63) is 84.4 Å². The van der Waals surface area contributed by atoms with Crippen LogP contribution in [0.2, 0.25) is 0 Å². The zero-order valence-corrected chi connectivity index (χ0v) is 15.9. The number of aliphatic hydroxyl groups is 1. The molecule has 6 nitrogen and oxygen atoms in total. The molecule has 6 heteroatoms. The molecule has 3 aromatic carbocycles. The van der Waals surface area contributed by atoms with Gasteiger partial charge in [0.05, 0.1) is 6.10 Å². The van der Waals surface area contributed by atoms with E-state index in [4.69, 9.17) is 5.21 Å². The van der Waals surface area contributed by atoms with Gasteiger partial charge in [0.1, 0.15) is 6.04 Å². The third-order valence-electron chi connectivity index (χ3n) is 4.63. The number of hydrogen-bond acceptors (Lipinski definition) is 4. The fourth-order valence-corrected chi connectivity index (χ4v) is 3.00. The molecule has 0 radical (unpaired) electrons. The Morgan fingerprint density at radius 2 is 1.21 bits per heavy atom. The Morgan fingerprint density at radius 3 is 1.66 bits per heavy atom. The summed E-state index contributed by atoms with van der Waals surface area (Å²) in [6.45, 7) is 1.35. The Hall–Kier alpha value is -3.48. The molecule has 0 saturated heterocycles. The van der Waals surface area contributed by atoms with Crippen LogP contribution in [0.4, 0.5) is 0 Å². The maximum Gasteiger partial charge on any atom is 0.268 e. The summed E-state index contributed by atoms with van der Waals surface area (Å²) in [7, 11) is 0. The first-order valence-corrected chi connectivity index (χ1v) is 9.18. The minimum Gasteiger partial charge on any atom is -0.391 e. The number of aliphatic hydroxyl groups excluding tert-OH is 1. The molecule has 0 aliphatic rings. The molecule has 0 aliphatic carbocycles. The van der Waals surface area contributed by atoms with Crippen molar-refractivity contribution in [1.82, 2.24) is 10.8 Å². The highest BCUT2D eigenvalue weighted by molar-refractivity contribution is 5.98. The van der Waals surface area contributed by atoms with Gasteiger partial charge < -0.3 is 10.4 Å². The molecule has 3 rings (SSSR count). The highest BCUT2D eigenvalue weighted by Gasteiger charge is 2.25. The van der Waals surface area contributed by atoms with Crippen molar-refractivity contribution in [1.29, 1.82) is 0 Å². The summed E-state index contributed by atoms with van der Waals surface area (Å²) in [5.41, 5.74) is 6.00. The number of amides is 2. The summed E-state index contributed by atoms with van der Waals surface area (Å²) >= 11 is 0. The van der Waals surface area contributed by atoms with E-state index >= 15 is 0 Å². The van der Waals surface area contributed by atoms with E-state index in [-0.39, 0.29) is 0 Å². The van der Waals surface area contributed by atoms with Crippen molar-refractivity contribution in [2.45, 2.75) is 19.1 Å². The average molecular weight is 390 g/mol. The zero-order chi connectivity index (χ0) is 20.8. The molecule has 2 amide bonds. The van der Waals surface area contributed by atoms with Gasteiger partial charge in [-0.15, -0.1) is 0 Å². The molecule has 148 valence electrons. The van der Waals surface area contributed by atoms with Crippen LogP contribution in [0.15, 0.2) is 78.9 Å².